The fourth-order valence-electron chi connectivity index (χ4n) is 14.0. The summed E-state index contributed by atoms with van der Waals surface area (Å²) in [6.07, 6.45) is 9.52. The van der Waals surface area contributed by atoms with E-state index in [1.165, 1.54) is 29.0 Å². The number of phenols is 1. The number of rotatable bonds is 12. The number of hydrogen-bond acceptors (Lipinski definition) is 14. The van der Waals surface area contributed by atoms with E-state index < -0.39 is 29.2 Å². The average molecular weight is 1070 g/mol. The van der Waals surface area contributed by atoms with Crippen molar-refractivity contribution in [3.63, 3.8) is 0 Å². The van der Waals surface area contributed by atoms with Crippen LogP contribution in [0.5, 0.6) is 11.8 Å². The first-order valence-corrected chi connectivity index (χ1v) is 27.9. The summed E-state index contributed by atoms with van der Waals surface area (Å²) in [5.41, 5.74) is 1.48. The Morgan fingerprint density at radius 2 is 1.74 bits per heavy atom. The van der Waals surface area contributed by atoms with E-state index in [2.05, 4.69) is 32.2 Å². The second kappa shape index (κ2) is 20.5. The standard InChI is InChI=1S/C58H68F2N10O8/c1-4-40-43(59)9-7-36-25-39(71)27-41(48(36)40)50-49(60)51-42(28-61-50)52(68-20-5-17-57(2,76)32-68)64-54(63-51)78-33-58-18-6-21-69(58)38(13-19-58)31-77-56(75)67-23-14-34(15-24-67)29-66-22-16-37(30-66)35-8-10-44-46(26-35)65(3)55(74)70(44)45-11-12-47(72)62-53(45)73/h7-10,25-28,34,37-38,45,71,76H,4-6,11-24,29-33H2,1-3H3,(H,62,72,73)/t37?,38-,45?,57+,58-/m0/s1. The molecule has 5 atom stereocenters. The molecular weight excluding hydrogens is 1000 g/mol. The number of piperidine rings is 3. The van der Waals surface area contributed by atoms with E-state index in [0.717, 1.165) is 82.2 Å². The van der Waals surface area contributed by atoms with Crippen LogP contribution in [0.25, 0.3) is 44.0 Å². The van der Waals surface area contributed by atoms with Gasteiger partial charge in [-0.2, -0.15) is 9.97 Å². The van der Waals surface area contributed by atoms with Gasteiger partial charge in [0.05, 0.1) is 27.6 Å². The van der Waals surface area contributed by atoms with Crippen molar-refractivity contribution in [2.45, 2.75) is 120 Å². The molecule has 0 spiro atoms. The number of aliphatic hydroxyl groups is 1. The van der Waals surface area contributed by atoms with Crippen molar-refractivity contribution in [2.75, 3.05) is 70.5 Å². The number of anilines is 1. The number of imidazole rings is 1. The number of carbonyl (C=O) groups excluding carboxylic acids is 3. The Morgan fingerprint density at radius 3 is 2.54 bits per heavy atom. The summed E-state index contributed by atoms with van der Waals surface area (Å²) in [4.78, 5) is 74.3. The number of carbonyl (C=O) groups is 3. The summed E-state index contributed by atoms with van der Waals surface area (Å²) >= 11 is 0. The molecule has 0 aliphatic carbocycles. The summed E-state index contributed by atoms with van der Waals surface area (Å²) in [7, 11) is 1.73. The molecule has 9 heterocycles. The molecule has 2 unspecified atom stereocenters. The van der Waals surface area contributed by atoms with Crippen LogP contribution in [0.3, 0.4) is 0 Å². The van der Waals surface area contributed by atoms with Crippen LogP contribution in [0, 0.1) is 17.6 Å². The lowest BCUT2D eigenvalue weighted by molar-refractivity contribution is -0.135. The van der Waals surface area contributed by atoms with Gasteiger partial charge in [-0.3, -0.25) is 33.9 Å². The number of imide groups is 1. The normalized spacial score (nSPS) is 25.4. The molecule has 0 radical (unpaired) electrons. The predicted octanol–water partition coefficient (Wildman–Crippen LogP) is 7.09. The number of halogens is 2. The topological polar surface area (TPSA) is 201 Å². The van der Waals surface area contributed by atoms with Crippen LogP contribution in [0.4, 0.5) is 19.4 Å². The number of ether oxygens (including phenoxy) is 2. The number of phenolic OH excluding ortho intramolecular Hbond substituents is 1. The number of aromatic hydroxyl groups is 1. The van der Waals surface area contributed by atoms with Gasteiger partial charge < -0.3 is 34.4 Å². The van der Waals surface area contributed by atoms with Crippen LogP contribution in [-0.2, 0) is 27.8 Å². The number of pyridine rings is 1. The van der Waals surface area contributed by atoms with Crippen molar-refractivity contribution in [2.24, 2.45) is 13.0 Å². The first-order valence-electron chi connectivity index (χ1n) is 27.9. The fourth-order valence-corrected chi connectivity index (χ4v) is 14.0. The van der Waals surface area contributed by atoms with Gasteiger partial charge in [0.15, 0.2) is 5.82 Å². The number of likely N-dealkylation sites (tertiary alicyclic amines) is 2. The van der Waals surface area contributed by atoms with Gasteiger partial charge in [0.1, 0.15) is 47.9 Å². The molecule has 6 aliphatic heterocycles. The highest BCUT2D eigenvalue weighted by Gasteiger charge is 2.50. The molecule has 0 bridgehead atoms. The zero-order valence-electron chi connectivity index (χ0n) is 44.6. The highest BCUT2D eigenvalue weighted by atomic mass is 19.1. The molecule has 3 N–H and O–H groups in total. The summed E-state index contributed by atoms with van der Waals surface area (Å²) in [5.74, 6) is -0.920. The van der Waals surface area contributed by atoms with Crippen LogP contribution in [0.2, 0.25) is 0 Å². The molecule has 6 aliphatic rings. The molecule has 78 heavy (non-hydrogen) atoms. The smallest absolute Gasteiger partial charge is 0.409 e. The van der Waals surface area contributed by atoms with E-state index in [1.54, 1.807) is 24.6 Å². The van der Waals surface area contributed by atoms with Crippen LogP contribution < -0.4 is 20.6 Å². The van der Waals surface area contributed by atoms with Crippen LogP contribution >= 0.6 is 0 Å². The summed E-state index contributed by atoms with van der Waals surface area (Å²) in [5, 5.41) is 25.7. The SMILES string of the molecule is CCc1c(F)ccc2cc(O)cc(-c3ncc4c(N5CCC[C@@](C)(O)C5)nc(OC[C@@]56CCCN5[C@H](COC(=O)N5CCC(CN7CCC(c8ccc9c(c8)n(C)c(=O)n9C8CCC(=O)NC8=O)C7)CC5)CC6)nc4c3F)c12. The second-order valence-electron chi connectivity index (χ2n) is 23.2. The van der Waals surface area contributed by atoms with E-state index in [4.69, 9.17) is 19.4 Å². The van der Waals surface area contributed by atoms with E-state index in [-0.39, 0.29) is 84.0 Å². The van der Waals surface area contributed by atoms with Gasteiger partial charge in [-0.15, -0.1) is 0 Å². The molecule has 6 aromatic rings. The zero-order valence-corrected chi connectivity index (χ0v) is 44.6. The van der Waals surface area contributed by atoms with E-state index in [9.17, 15) is 29.4 Å². The lowest BCUT2D eigenvalue weighted by Crippen LogP contribution is -2.48. The molecule has 20 heteroatoms. The Labute approximate surface area is 450 Å². The largest absolute Gasteiger partial charge is 0.508 e. The maximum Gasteiger partial charge on any atom is 0.409 e. The van der Waals surface area contributed by atoms with Crippen LogP contribution in [0.1, 0.15) is 108 Å². The summed E-state index contributed by atoms with van der Waals surface area (Å²) in [6.45, 7) is 9.81. The highest BCUT2D eigenvalue weighted by Crippen LogP contribution is 2.44. The molecule has 6 saturated heterocycles. The number of amides is 3. The molecular formula is C58H68F2N10O8. The van der Waals surface area contributed by atoms with Crippen molar-refractivity contribution in [3.8, 4) is 23.0 Å². The number of β-amino-alcohol motifs (C(OH)–C–C–N with tert-alkyl or cyclic N) is 1. The van der Waals surface area contributed by atoms with Crippen molar-refractivity contribution in [1.82, 2.24) is 44.1 Å². The first kappa shape index (κ1) is 52.0. The minimum absolute atomic E-state index is 0.00115. The highest BCUT2D eigenvalue weighted by molar-refractivity contribution is 6.02. The van der Waals surface area contributed by atoms with Crippen molar-refractivity contribution in [1.29, 1.82) is 0 Å². The third-order valence-electron chi connectivity index (χ3n) is 18.1. The Kier molecular flexibility index (Phi) is 13.6. The van der Waals surface area contributed by atoms with Gasteiger partial charge >= 0.3 is 17.8 Å². The van der Waals surface area contributed by atoms with Crippen molar-refractivity contribution in [3.05, 3.63) is 81.9 Å². The molecule has 412 valence electrons. The zero-order chi connectivity index (χ0) is 54.2. The number of hydrogen-bond donors (Lipinski definition) is 3. The third kappa shape index (κ3) is 9.50. The Bertz CT molecular complexity index is 3430. The van der Waals surface area contributed by atoms with Gasteiger partial charge in [0.2, 0.25) is 11.8 Å². The Morgan fingerprint density at radius 1 is 0.923 bits per heavy atom. The molecule has 6 fully saturated rings. The minimum Gasteiger partial charge on any atom is -0.508 e. The molecule has 18 nitrogen and oxygen atoms in total. The Balaban J connectivity index is 0.677. The fraction of sp³-hybridized carbons (Fsp3) is 0.534. The van der Waals surface area contributed by atoms with E-state index >= 15 is 8.78 Å². The monoisotopic (exact) mass is 1070 g/mol. The predicted molar refractivity (Wildman–Crippen MR) is 289 cm³/mol. The molecule has 3 amide bonds. The first-order chi connectivity index (χ1) is 37.6. The van der Waals surface area contributed by atoms with E-state index in [0.29, 0.717) is 90.2 Å². The third-order valence-corrected chi connectivity index (χ3v) is 18.1. The number of nitrogens with zero attached hydrogens (tertiary/aromatic N) is 9. The van der Waals surface area contributed by atoms with Crippen LogP contribution in [0.15, 0.2) is 53.5 Å². The Hall–Kier alpha value is -6.77. The van der Waals surface area contributed by atoms with E-state index in [1.807, 2.05) is 22.8 Å². The van der Waals surface area contributed by atoms with Crippen LogP contribution in [-0.4, -0.2) is 150 Å². The van der Waals surface area contributed by atoms with Crippen molar-refractivity contribution >= 4 is 56.4 Å². The maximum atomic E-state index is 17.3. The van der Waals surface area contributed by atoms with Gasteiger partial charge in [-0.1, -0.05) is 19.1 Å². The quantitative estimate of drug-likeness (QED) is 0.105. The second-order valence-corrected chi connectivity index (χ2v) is 23.2. The number of aryl methyl sites for hydroxylation is 2. The van der Waals surface area contributed by atoms with Gasteiger partial charge in [-0.05, 0) is 155 Å². The van der Waals surface area contributed by atoms with Gasteiger partial charge in [-0.25, -0.2) is 18.4 Å². The average Bonchev–Trinajstić information content (AvgIpc) is 4.35. The molecule has 3 aromatic heterocycles. The molecule has 12 rings (SSSR count). The molecule has 0 saturated carbocycles. The summed E-state index contributed by atoms with van der Waals surface area (Å²) < 4.78 is 48.2. The lowest BCUT2D eigenvalue weighted by Gasteiger charge is -2.38. The van der Waals surface area contributed by atoms with Gasteiger partial charge in [0.25, 0.3) is 0 Å². The number of benzene rings is 3. The maximum absolute atomic E-state index is 17.3. The summed E-state index contributed by atoms with van der Waals surface area (Å²) in [6, 6.07) is 11.2. The number of fused-ring (bicyclic) bond motifs is 4. The molecule has 3 aromatic carbocycles. The number of nitrogens with one attached hydrogen (secondary N) is 1. The minimum atomic E-state index is -1.00. The number of aromatic nitrogens is 5. The van der Waals surface area contributed by atoms with Crippen molar-refractivity contribution < 1.29 is 42.9 Å². The lowest BCUT2D eigenvalue weighted by atomic mass is 9.94. The van der Waals surface area contributed by atoms with Gasteiger partial charge in [0, 0.05) is 70.5 Å².